The number of carbonyl (C=O) groups is 1. The first-order chi connectivity index (χ1) is 13.0. The van der Waals surface area contributed by atoms with Crippen LogP contribution in [0.25, 0.3) is 6.08 Å². The van der Waals surface area contributed by atoms with Crippen molar-refractivity contribution in [3.8, 4) is 5.75 Å². The van der Waals surface area contributed by atoms with Gasteiger partial charge in [-0.1, -0.05) is 54.8 Å². The van der Waals surface area contributed by atoms with E-state index >= 15 is 0 Å². The number of hydrogen-bond donors (Lipinski definition) is 0. The largest absolute Gasteiger partial charge is 0.490 e. The molecule has 3 rings (SSSR count). The minimum atomic E-state index is -0.507. The Labute approximate surface area is 165 Å². The van der Waals surface area contributed by atoms with Crippen molar-refractivity contribution in [3.05, 3.63) is 81.8 Å². The Kier molecular flexibility index (Phi) is 5.68. The van der Waals surface area contributed by atoms with Crippen LogP contribution in [0.5, 0.6) is 5.75 Å². The molecule has 0 bridgehead atoms. The predicted molar refractivity (Wildman–Crippen MR) is 111 cm³/mol. The van der Waals surface area contributed by atoms with Crippen molar-refractivity contribution in [1.82, 2.24) is 0 Å². The molecule has 6 nitrogen and oxygen atoms in total. The molecule has 1 aliphatic rings. The van der Waals surface area contributed by atoms with Crippen LogP contribution in [0.2, 0.25) is 0 Å². The molecular formula is C19H14N2O4S2. The molecule has 1 fully saturated rings. The Morgan fingerprint density at radius 1 is 1.26 bits per heavy atom. The molecule has 136 valence electrons. The fraction of sp³-hybridized carbons (Fsp3) is 0.0526. The van der Waals surface area contributed by atoms with Crippen LogP contribution in [0.3, 0.4) is 0 Å². The van der Waals surface area contributed by atoms with Crippen molar-refractivity contribution in [2.24, 2.45) is 0 Å². The average molecular weight is 398 g/mol. The van der Waals surface area contributed by atoms with E-state index < -0.39 is 4.92 Å². The maximum Gasteiger partial charge on any atom is 0.271 e. The van der Waals surface area contributed by atoms with Crippen LogP contribution in [0.15, 0.2) is 66.1 Å². The number of hydrogen-bond acceptors (Lipinski definition) is 6. The molecule has 1 heterocycles. The number of rotatable bonds is 6. The van der Waals surface area contributed by atoms with Gasteiger partial charge in [-0.2, -0.15) is 0 Å². The standard InChI is InChI=1S/C19H14N2O4S2/c1-2-10-25-16-8-6-13(7-9-16)11-17-18(22)20(19(26)27-17)14-4-3-5-15(12-14)21(23)24/h2-9,11-12H,1,10H2/b17-11-. The minimum Gasteiger partial charge on any atom is -0.490 e. The molecule has 0 aromatic heterocycles. The van der Waals surface area contributed by atoms with Gasteiger partial charge in [-0.3, -0.25) is 19.8 Å². The summed E-state index contributed by atoms with van der Waals surface area (Å²) in [6, 6.07) is 13.1. The first kappa shape index (κ1) is 18.8. The Bertz CT molecular complexity index is 954. The van der Waals surface area contributed by atoms with E-state index in [1.54, 1.807) is 30.4 Å². The molecule has 2 aromatic carbocycles. The third-order valence-corrected chi connectivity index (χ3v) is 4.94. The molecular weight excluding hydrogens is 384 g/mol. The number of carbonyl (C=O) groups excluding carboxylic acids is 1. The van der Waals surface area contributed by atoms with Crippen molar-refractivity contribution in [3.63, 3.8) is 0 Å². The lowest BCUT2D eigenvalue weighted by Crippen LogP contribution is -2.27. The highest BCUT2D eigenvalue weighted by molar-refractivity contribution is 8.27. The number of non-ortho nitro benzene ring substituents is 1. The monoisotopic (exact) mass is 398 g/mol. The summed E-state index contributed by atoms with van der Waals surface area (Å²) in [7, 11) is 0. The molecule has 0 atom stereocenters. The summed E-state index contributed by atoms with van der Waals surface area (Å²) in [5, 5.41) is 11.0. The van der Waals surface area contributed by atoms with Crippen molar-refractivity contribution in [1.29, 1.82) is 0 Å². The second-order valence-electron chi connectivity index (χ2n) is 5.46. The number of ether oxygens (including phenoxy) is 1. The van der Waals surface area contributed by atoms with E-state index in [1.807, 2.05) is 12.1 Å². The maximum absolute atomic E-state index is 12.8. The fourth-order valence-corrected chi connectivity index (χ4v) is 3.70. The number of nitro groups is 1. The highest BCUT2D eigenvalue weighted by Crippen LogP contribution is 2.37. The molecule has 27 heavy (non-hydrogen) atoms. The van der Waals surface area contributed by atoms with Gasteiger partial charge >= 0.3 is 0 Å². The van der Waals surface area contributed by atoms with Crippen LogP contribution in [0.4, 0.5) is 11.4 Å². The Hall–Kier alpha value is -2.97. The predicted octanol–water partition coefficient (Wildman–Crippen LogP) is 4.57. The molecule has 1 amide bonds. The maximum atomic E-state index is 12.8. The van der Waals surface area contributed by atoms with Gasteiger partial charge in [-0.25, -0.2) is 0 Å². The molecule has 8 heteroatoms. The van der Waals surface area contributed by atoms with Gasteiger partial charge in [0, 0.05) is 12.1 Å². The molecule has 0 saturated carbocycles. The zero-order valence-electron chi connectivity index (χ0n) is 14.0. The van der Waals surface area contributed by atoms with Gasteiger partial charge in [-0.05, 0) is 29.8 Å². The van der Waals surface area contributed by atoms with Gasteiger partial charge in [0.05, 0.1) is 15.5 Å². The van der Waals surface area contributed by atoms with Crippen molar-refractivity contribution < 1.29 is 14.5 Å². The zero-order valence-corrected chi connectivity index (χ0v) is 15.7. The van der Waals surface area contributed by atoms with E-state index in [-0.39, 0.29) is 11.6 Å². The van der Waals surface area contributed by atoms with Crippen molar-refractivity contribution in [2.75, 3.05) is 11.5 Å². The van der Waals surface area contributed by atoms with Crippen molar-refractivity contribution in [2.45, 2.75) is 0 Å². The molecule has 0 N–H and O–H groups in total. The third-order valence-electron chi connectivity index (χ3n) is 3.64. The molecule has 0 radical (unpaired) electrons. The Morgan fingerprint density at radius 2 is 2.00 bits per heavy atom. The molecule has 1 aliphatic heterocycles. The number of thioether (sulfide) groups is 1. The Morgan fingerprint density at radius 3 is 2.67 bits per heavy atom. The number of nitrogens with zero attached hydrogens (tertiary/aromatic N) is 2. The van der Waals surface area contributed by atoms with Crippen molar-refractivity contribution >= 4 is 51.7 Å². The first-order valence-electron chi connectivity index (χ1n) is 7.86. The van der Waals surface area contributed by atoms with E-state index in [9.17, 15) is 14.9 Å². The number of amides is 1. The fourth-order valence-electron chi connectivity index (χ4n) is 2.40. The quantitative estimate of drug-likeness (QED) is 0.233. The smallest absolute Gasteiger partial charge is 0.271 e. The number of thiocarbonyl (C=S) groups is 1. The van der Waals surface area contributed by atoms with Crippen LogP contribution in [-0.4, -0.2) is 21.8 Å². The van der Waals surface area contributed by atoms with E-state index in [4.69, 9.17) is 17.0 Å². The highest BCUT2D eigenvalue weighted by Gasteiger charge is 2.33. The summed E-state index contributed by atoms with van der Waals surface area (Å²) in [6.07, 6.45) is 3.39. The van der Waals surface area contributed by atoms with Gasteiger partial charge in [0.1, 0.15) is 12.4 Å². The summed E-state index contributed by atoms with van der Waals surface area (Å²) in [6.45, 7) is 4.01. The van der Waals surface area contributed by atoms with E-state index in [0.717, 1.165) is 17.3 Å². The second kappa shape index (κ2) is 8.15. The summed E-state index contributed by atoms with van der Waals surface area (Å²) < 4.78 is 5.76. The topological polar surface area (TPSA) is 72.7 Å². The van der Waals surface area contributed by atoms with Crippen LogP contribution < -0.4 is 9.64 Å². The van der Waals surface area contributed by atoms with Gasteiger partial charge in [-0.15, -0.1) is 0 Å². The molecule has 0 spiro atoms. The lowest BCUT2D eigenvalue weighted by Gasteiger charge is -2.13. The summed E-state index contributed by atoms with van der Waals surface area (Å²) in [5.41, 5.74) is 1.10. The molecule has 0 aliphatic carbocycles. The number of nitro benzene ring substituents is 1. The minimum absolute atomic E-state index is 0.0966. The van der Waals surface area contributed by atoms with Gasteiger partial charge in [0.15, 0.2) is 4.32 Å². The average Bonchev–Trinajstić information content (AvgIpc) is 2.94. The van der Waals surface area contributed by atoms with E-state index in [1.165, 1.54) is 23.1 Å². The molecule has 0 unspecified atom stereocenters. The van der Waals surface area contributed by atoms with Gasteiger partial charge in [0.25, 0.3) is 11.6 Å². The number of anilines is 1. The lowest BCUT2D eigenvalue weighted by atomic mass is 10.2. The number of benzene rings is 2. The molecule has 2 aromatic rings. The normalized spacial score (nSPS) is 15.3. The van der Waals surface area contributed by atoms with Gasteiger partial charge < -0.3 is 4.74 Å². The van der Waals surface area contributed by atoms with E-state index in [0.29, 0.717) is 27.3 Å². The SMILES string of the molecule is C=CCOc1ccc(/C=C2\SC(=S)N(c3cccc([N+](=O)[O-])c3)C2=O)cc1. The second-order valence-corrected chi connectivity index (χ2v) is 7.14. The van der Waals surface area contributed by atoms with Crippen LogP contribution in [0.1, 0.15) is 5.56 Å². The van der Waals surface area contributed by atoms with Crippen LogP contribution in [-0.2, 0) is 4.79 Å². The third kappa shape index (κ3) is 4.24. The van der Waals surface area contributed by atoms with Crippen LogP contribution >= 0.6 is 24.0 Å². The first-order valence-corrected chi connectivity index (χ1v) is 9.08. The lowest BCUT2D eigenvalue weighted by molar-refractivity contribution is -0.384. The van der Waals surface area contributed by atoms with E-state index in [2.05, 4.69) is 6.58 Å². The Balaban J connectivity index is 1.83. The highest BCUT2D eigenvalue weighted by atomic mass is 32.2. The summed E-state index contributed by atoms with van der Waals surface area (Å²) >= 11 is 6.46. The zero-order chi connectivity index (χ0) is 19.4. The summed E-state index contributed by atoms with van der Waals surface area (Å²) in [5.74, 6) is 0.397. The molecule has 1 saturated heterocycles. The van der Waals surface area contributed by atoms with Crippen LogP contribution in [0, 0.1) is 10.1 Å². The van der Waals surface area contributed by atoms with Gasteiger partial charge in [0.2, 0.25) is 0 Å². The summed E-state index contributed by atoms with van der Waals surface area (Å²) in [4.78, 5) is 25.0.